The first-order valence-electron chi connectivity index (χ1n) is 11.2. The Bertz CT molecular complexity index is 806. The summed E-state index contributed by atoms with van der Waals surface area (Å²) in [5, 5.41) is 20.9. The number of benzene rings is 1. The van der Waals surface area contributed by atoms with E-state index in [4.69, 9.17) is 0 Å². The third kappa shape index (κ3) is 3.09. The van der Waals surface area contributed by atoms with Crippen LogP contribution in [0.1, 0.15) is 71.8 Å². The molecule has 29 heavy (non-hydrogen) atoms. The van der Waals surface area contributed by atoms with Gasteiger partial charge >= 0.3 is 6.03 Å². The van der Waals surface area contributed by atoms with Gasteiger partial charge < -0.3 is 10.4 Å². The molecule has 1 aliphatic heterocycles. The number of hydrazone groups is 1. The Hall–Kier alpha value is -1.88. The van der Waals surface area contributed by atoms with Crippen LogP contribution in [-0.2, 0) is 5.60 Å². The quantitative estimate of drug-likeness (QED) is 0.759. The lowest BCUT2D eigenvalue weighted by Crippen LogP contribution is -2.51. The van der Waals surface area contributed by atoms with E-state index in [2.05, 4.69) is 38.1 Å². The van der Waals surface area contributed by atoms with Gasteiger partial charge in [-0.1, -0.05) is 64.4 Å². The number of hydrogen-bond donors (Lipinski definition) is 2. The Balaban J connectivity index is 1.53. The second-order valence-electron chi connectivity index (χ2n) is 10.0. The molecule has 3 unspecified atom stereocenters. The lowest BCUT2D eigenvalue weighted by molar-refractivity contribution is 0.0856. The number of unbranched alkanes of at least 4 members (excludes halogenated alkanes) is 1. The molecule has 2 fully saturated rings. The monoisotopic (exact) mass is 397 g/mol. The van der Waals surface area contributed by atoms with Crippen LogP contribution in [0.3, 0.4) is 0 Å². The van der Waals surface area contributed by atoms with E-state index in [0.29, 0.717) is 18.1 Å². The van der Waals surface area contributed by atoms with Gasteiger partial charge in [0.05, 0.1) is 12.3 Å². The predicted octanol–water partition coefficient (Wildman–Crippen LogP) is 4.66. The molecule has 2 bridgehead atoms. The number of carbonyl (C=O) groups is 1. The van der Waals surface area contributed by atoms with Crippen LogP contribution in [0.15, 0.2) is 35.4 Å². The van der Waals surface area contributed by atoms with Gasteiger partial charge in [0.15, 0.2) is 0 Å². The van der Waals surface area contributed by atoms with E-state index in [-0.39, 0.29) is 29.4 Å². The number of nitrogens with zero attached hydrogens (tertiary/aromatic N) is 2. The molecule has 0 saturated heterocycles. The molecule has 4 atom stereocenters. The summed E-state index contributed by atoms with van der Waals surface area (Å²) < 4.78 is 0. The molecule has 4 rings (SSSR count). The maximum absolute atomic E-state index is 13.2. The van der Waals surface area contributed by atoms with Crippen LogP contribution >= 0.6 is 0 Å². The van der Waals surface area contributed by atoms with E-state index in [0.717, 1.165) is 31.2 Å². The highest BCUT2D eigenvalue weighted by atomic mass is 16.3. The molecule has 1 aromatic rings. The largest absolute Gasteiger partial charge is 0.377 e. The molecule has 0 spiro atoms. The third-order valence-corrected chi connectivity index (χ3v) is 8.44. The van der Waals surface area contributed by atoms with Crippen molar-refractivity contribution in [3.05, 3.63) is 35.9 Å². The average molecular weight is 398 g/mol. The lowest BCUT2D eigenvalue weighted by Gasteiger charge is -2.39. The van der Waals surface area contributed by atoms with Gasteiger partial charge in [-0.25, -0.2) is 9.80 Å². The van der Waals surface area contributed by atoms with Gasteiger partial charge in [0, 0.05) is 6.04 Å². The summed E-state index contributed by atoms with van der Waals surface area (Å²) in [4.78, 5) is 13.2. The number of aliphatic hydroxyl groups is 1. The Labute approximate surface area is 174 Å². The molecular formula is C24H35N3O2. The number of amides is 2. The van der Waals surface area contributed by atoms with Crippen LogP contribution in [0.2, 0.25) is 0 Å². The van der Waals surface area contributed by atoms with E-state index in [1.54, 1.807) is 0 Å². The normalized spacial score (nSPS) is 35.1. The molecule has 2 N–H and O–H groups in total. The summed E-state index contributed by atoms with van der Waals surface area (Å²) in [6, 6.07) is 9.61. The SMILES string of the molecule is CCCCC1=NN(C(=O)N[C@H]2CC3CCC2(C)C3(C)C)CC1(O)c1ccccc1. The molecule has 5 heteroatoms. The van der Waals surface area contributed by atoms with Gasteiger partial charge in [0.2, 0.25) is 0 Å². The number of rotatable bonds is 5. The number of β-amino-alcohol motifs (C(OH)–C–C–N with tert-alkyl or cyclic N) is 1. The van der Waals surface area contributed by atoms with Gasteiger partial charge in [-0.2, -0.15) is 5.10 Å². The molecule has 0 aromatic heterocycles. The highest BCUT2D eigenvalue weighted by Crippen LogP contribution is 2.65. The Morgan fingerprint density at radius 3 is 2.59 bits per heavy atom. The number of fused-ring (bicyclic) bond motifs is 2. The van der Waals surface area contributed by atoms with Crippen LogP contribution in [0.5, 0.6) is 0 Å². The Kier molecular flexibility index (Phi) is 5.01. The predicted molar refractivity (Wildman–Crippen MR) is 116 cm³/mol. The highest BCUT2D eigenvalue weighted by molar-refractivity contribution is 5.96. The highest BCUT2D eigenvalue weighted by Gasteiger charge is 2.62. The van der Waals surface area contributed by atoms with Crippen molar-refractivity contribution in [3.63, 3.8) is 0 Å². The van der Waals surface area contributed by atoms with Crippen molar-refractivity contribution in [2.75, 3.05) is 6.54 Å². The van der Waals surface area contributed by atoms with Crippen molar-refractivity contribution in [2.24, 2.45) is 21.8 Å². The van der Waals surface area contributed by atoms with E-state index < -0.39 is 5.60 Å². The van der Waals surface area contributed by atoms with Crippen molar-refractivity contribution >= 4 is 11.7 Å². The first-order valence-corrected chi connectivity index (χ1v) is 11.2. The van der Waals surface area contributed by atoms with Gasteiger partial charge in [-0.3, -0.25) is 0 Å². The smallest absolute Gasteiger partial charge is 0.338 e. The zero-order valence-electron chi connectivity index (χ0n) is 18.2. The molecule has 1 aromatic carbocycles. The molecule has 158 valence electrons. The van der Waals surface area contributed by atoms with Gasteiger partial charge in [0.1, 0.15) is 5.60 Å². The van der Waals surface area contributed by atoms with E-state index >= 15 is 0 Å². The first kappa shape index (κ1) is 20.4. The van der Waals surface area contributed by atoms with Crippen molar-refractivity contribution in [1.29, 1.82) is 0 Å². The molecule has 0 radical (unpaired) electrons. The summed E-state index contributed by atoms with van der Waals surface area (Å²) in [5.41, 5.74) is 0.665. The Morgan fingerprint density at radius 2 is 2.00 bits per heavy atom. The molecule has 5 nitrogen and oxygen atoms in total. The molecular weight excluding hydrogens is 362 g/mol. The van der Waals surface area contributed by atoms with Crippen molar-refractivity contribution in [2.45, 2.75) is 77.9 Å². The van der Waals surface area contributed by atoms with E-state index in [9.17, 15) is 9.90 Å². The summed E-state index contributed by atoms with van der Waals surface area (Å²) >= 11 is 0. The fourth-order valence-corrected chi connectivity index (χ4v) is 5.91. The Morgan fingerprint density at radius 1 is 1.28 bits per heavy atom. The van der Waals surface area contributed by atoms with Gasteiger partial charge in [-0.15, -0.1) is 0 Å². The second-order valence-corrected chi connectivity index (χ2v) is 10.0. The third-order valence-electron chi connectivity index (χ3n) is 8.44. The lowest BCUT2D eigenvalue weighted by atomic mass is 9.69. The average Bonchev–Trinajstić information content (AvgIpc) is 3.23. The van der Waals surface area contributed by atoms with Crippen LogP contribution in [0, 0.1) is 16.7 Å². The second kappa shape index (κ2) is 7.12. The first-order chi connectivity index (χ1) is 13.7. The summed E-state index contributed by atoms with van der Waals surface area (Å²) in [5.74, 6) is 0.668. The van der Waals surface area contributed by atoms with Crippen LogP contribution in [0.4, 0.5) is 4.79 Å². The number of hydrogen-bond acceptors (Lipinski definition) is 3. The van der Waals surface area contributed by atoms with E-state index in [1.165, 1.54) is 11.4 Å². The molecule has 2 aliphatic carbocycles. The maximum Gasteiger partial charge on any atom is 0.338 e. The molecule has 1 heterocycles. The minimum Gasteiger partial charge on any atom is -0.377 e. The van der Waals surface area contributed by atoms with Crippen LogP contribution < -0.4 is 5.32 Å². The summed E-state index contributed by atoms with van der Waals surface area (Å²) in [6.45, 7) is 9.33. The number of urea groups is 1. The van der Waals surface area contributed by atoms with E-state index in [1.807, 2.05) is 30.3 Å². The molecule has 3 aliphatic rings. The molecule has 2 saturated carbocycles. The van der Waals surface area contributed by atoms with Crippen LogP contribution in [0.25, 0.3) is 0 Å². The maximum atomic E-state index is 13.2. The van der Waals surface area contributed by atoms with Crippen LogP contribution in [-0.4, -0.2) is 34.4 Å². The van der Waals surface area contributed by atoms with Gasteiger partial charge in [0.25, 0.3) is 0 Å². The van der Waals surface area contributed by atoms with Gasteiger partial charge in [-0.05, 0) is 54.4 Å². The fraction of sp³-hybridized carbons (Fsp3) is 0.667. The minimum atomic E-state index is -1.20. The van der Waals surface area contributed by atoms with Crippen molar-refractivity contribution in [3.8, 4) is 0 Å². The van der Waals surface area contributed by atoms with Crippen molar-refractivity contribution < 1.29 is 9.90 Å². The summed E-state index contributed by atoms with van der Waals surface area (Å²) in [6.07, 6.45) is 6.12. The fourth-order valence-electron chi connectivity index (χ4n) is 5.91. The topological polar surface area (TPSA) is 64.9 Å². The standard InChI is InChI=1S/C24H35N3O2/c1-5-6-12-19-24(29,17-10-8-7-9-11-17)16-27(26-19)21(28)25-20-15-18-13-14-23(20,4)22(18,2)3/h7-11,18,20,29H,5-6,12-16H2,1-4H3,(H,25,28)/t18?,20-,23?,24?/m0/s1. The van der Waals surface area contributed by atoms with Crippen molar-refractivity contribution in [1.82, 2.24) is 10.3 Å². The summed E-state index contributed by atoms with van der Waals surface area (Å²) in [7, 11) is 0. The minimum absolute atomic E-state index is 0.123. The zero-order chi connectivity index (χ0) is 20.9. The number of nitrogens with one attached hydrogen (secondary N) is 1. The number of carbonyl (C=O) groups excluding carboxylic acids is 1. The zero-order valence-corrected chi connectivity index (χ0v) is 18.2. The molecule has 2 amide bonds.